The number of pyridine rings is 1. The Balaban J connectivity index is 1.87. The van der Waals surface area contributed by atoms with Gasteiger partial charge in [-0.05, 0) is 30.9 Å². The molecule has 0 bridgehead atoms. The van der Waals surface area contributed by atoms with Gasteiger partial charge in [-0.15, -0.1) is 0 Å². The van der Waals surface area contributed by atoms with Gasteiger partial charge in [-0.1, -0.05) is 19.8 Å². The molecule has 1 heterocycles. The molecule has 1 aromatic heterocycles. The summed E-state index contributed by atoms with van der Waals surface area (Å²) >= 11 is 0. The van der Waals surface area contributed by atoms with Gasteiger partial charge in [0.05, 0.1) is 31.1 Å². The van der Waals surface area contributed by atoms with Gasteiger partial charge in [-0.2, -0.15) is 0 Å². The highest BCUT2D eigenvalue weighted by atomic mass is 16.5. The number of aromatic nitrogens is 1. The fourth-order valence-corrected chi connectivity index (χ4v) is 2.47. The van der Waals surface area contributed by atoms with E-state index in [2.05, 4.69) is 16.6 Å². The van der Waals surface area contributed by atoms with Crippen molar-refractivity contribution in [3.8, 4) is 0 Å². The molecule has 0 radical (unpaired) electrons. The lowest BCUT2D eigenvalue weighted by molar-refractivity contribution is -0.0168. The molecule has 4 heteroatoms. The van der Waals surface area contributed by atoms with Crippen molar-refractivity contribution >= 4 is 5.97 Å². The summed E-state index contributed by atoms with van der Waals surface area (Å²) in [7, 11) is 1.36. The van der Waals surface area contributed by atoms with Crippen molar-refractivity contribution in [1.29, 1.82) is 0 Å². The minimum Gasteiger partial charge on any atom is -0.465 e. The SMILES string of the molecule is COC(=O)c1ccc(COC2CCCCC2C)nc1. The predicted octanol–water partition coefficient (Wildman–Crippen LogP) is 2.96. The van der Waals surface area contributed by atoms with E-state index in [1.807, 2.05) is 6.07 Å². The highest BCUT2D eigenvalue weighted by molar-refractivity contribution is 5.88. The lowest BCUT2D eigenvalue weighted by Crippen LogP contribution is -2.25. The third-order valence-electron chi connectivity index (χ3n) is 3.72. The van der Waals surface area contributed by atoms with Crippen LogP contribution in [0.5, 0.6) is 0 Å². The third-order valence-corrected chi connectivity index (χ3v) is 3.72. The van der Waals surface area contributed by atoms with Crippen molar-refractivity contribution in [3.63, 3.8) is 0 Å². The fraction of sp³-hybridized carbons (Fsp3) is 0.600. The van der Waals surface area contributed by atoms with Crippen molar-refractivity contribution in [1.82, 2.24) is 4.98 Å². The van der Waals surface area contributed by atoms with E-state index in [9.17, 15) is 4.79 Å². The number of carbonyl (C=O) groups excluding carboxylic acids is 1. The molecular formula is C15H21NO3. The average Bonchev–Trinajstić information content (AvgIpc) is 2.46. The van der Waals surface area contributed by atoms with Crippen LogP contribution in [0.2, 0.25) is 0 Å². The van der Waals surface area contributed by atoms with Crippen LogP contribution < -0.4 is 0 Å². The van der Waals surface area contributed by atoms with E-state index in [0.717, 1.165) is 12.1 Å². The summed E-state index contributed by atoms with van der Waals surface area (Å²) in [5.74, 6) is 0.268. The number of ether oxygens (including phenoxy) is 2. The molecular weight excluding hydrogens is 242 g/mol. The first kappa shape index (κ1) is 14.0. The Morgan fingerprint density at radius 1 is 1.37 bits per heavy atom. The molecule has 19 heavy (non-hydrogen) atoms. The Morgan fingerprint density at radius 3 is 2.79 bits per heavy atom. The molecule has 1 fully saturated rings. The second kappa shape index (κ2) is 6.66. The number of esters is 1. The minimum atomic E-state index is -0.360. The first-order chi connectivity index (χ1) is 9.20. The molecule has 1 aromatic rings. The van der Waals surface area contributed by atoms with E-state index >= 15 is 0 Å². The molecule has 2 rings (SSSR count). The van der Waals surface area contributed by atoms with E-state index in [4.69, 9.17) is 4.74 Å². The maximum atomic E-state index is 11.3. The molecule has 0 saturated heterocycles. The minimum absolute atomic E-state index is 0.343. The quantitative estimate of drug-likeness (QED) is 0.784. The fourth-order valence-electron chi connectivity index (χ4n) is 2.47. The summed E-state index contributed by atoms with van der Waals surface area (Å²) in [4.78, 5) is 15.5. The van der Waals surface area contributed by atoms with Gasteiger partial charge in [0.25, 0.3) is 0 Å². The van der Waals surface area contributed by atoms with Crippen LogP contribution in [0.1, 0.15) is 48.7 Å². The maximum Gasteiger partial charge on any atom is 0.339 e. The summed E-state index contributed by atoms with van der Waals surface area (Å²) in [6.45, 7) is 2.76. The van der Waals surface area contributed by atoms with E-state index in [1.165, 1.54) is 32.6 Å². The van der Waals surface area contributed by atoms with Gasteiger partial charge >= 0.3 is 5.97 Å². The summed E-state index contributed by atoms with van der Waals surface area (Å²) in [5, 5.41) is 0. The third kappa shape index (κ3) is 3.77. The van der Waals surface area contributed by atoms with Gasteiger partial charge < -0.3 is 9.47 Å². The van der Waals surface area contributed by atoms with Crippen LogP contribution in [-0.4, -0.2) is 24.2 Å². The number of carbonyl (C=O) groups is 1. The van der Waals surface area contributed by atoms with Crippen molar-refractivity contribution in [2.45, 2.75) is 45.3 Å². The molecule has 0 aliphatic heterocycles. The highest BCUT2D eigenvalue weighted by Gasteiger charge is 2.21. The number of nitrogens with zero attached hydrogens (tertiary/aromatic N) is 1. The Labute approximate surface area is 114 Å². The Morgan fingerprint density at radius 2 is 2.16 bits per heavy atom. The van der Waals surface area contributed by atoms with Gasteiger partial charge in [0, 0.05) is 6.20 Å². The van der Waals surface area contributed by atoms with Crippen LogP contribution in [0.25, 0.3) is 0 Å². The second-order valence-electron chi connectivity index (χ2n) is 5.14. The molecule has 1 aliphatic carbocycles. The molecule has 0 spiro atoms. The zero-order valence-electron chi connectivity index (χ0n) is 11.6. The van der Waals surface area contributed by atoms with Crippen molar-refractivity contribution in [2.75, 3.05) is 7.11 Å². The molecule has 1 saturated carbocycles. The van der Waals surface area contributed by atoms with E-state index in [0.29, 0.717) is 24.2 Å². The molecule has 2 unspecified atom stereocenters. The maximum absolute atomic E-state index is 11.3. The normalized spacial score (nSPS) is 23.1. The highest BCUT2D eigenvalue weighted by Crippen LogP contribution is 2.26. The van der Waals surface area contributed by atoms with Crippen LogP contribution in [0.3, 0.4) is 0 Å². The van der Waals surface area contributed by atoms with E-state index in [-0.39, 0.29) is 5.97 Å². The Hall–Kier alpha value is -1.42. The lowest BCUT2D eigenvalue weighted by atomic mass is 9.88. The summed E-state index contributed by atoms with van der Waals surface area (Å²) < 4.78 is 10.6. The largest absolute Gasteiger partial charge is 0.465 e. The van der Waals surface area contributed by atoms with Gasteiger partial charge in [0.2, 0.25) is 0 Å². The topological polar surface area (TPSA) is 48.4 Å². The average molecular weight is 263 g/mol. The standard InChI is InChI=1S/C15H21NO3/c1-11-5-3-4-6-14(11)19-10-13-8-7-12(9-16-13)15(17)18-2/h7-9,11,14H,3-6,10H2,1-2H3. The molecule has 1 aliphatic rings. The van der Waals surface area contributed by atoms with Crippen molar-refractivity contribution in [2.24, 2.45) is 5.92 Å². The molecule has 104 valence electrons. The summed E-state index contributed by atoms with van der Waals surface area (Å²) in [5.41, 5.74) is 1.32. The number of rotatable bonds is 4. The number of hydrogen-bond acceptors (Lipinski definition) is 4. The predicted molar refractivity (Wildman–Crippen MR) is 71.8 cm³/mol. The van der Waals surface area contributed by atoms with Crippen LogP contribution >= 0.6 is 0 Å². The monoisotopic (exact) mass is 263 g/mol. The number of methoxy groups -OCH3 is 1. The Bertz CT molecular complexity index is 416. The summed E-state index contributed by atoms with van der Waals surface area (Å²) in [6, 6.07) is 3.54. The molecule has 0 amide bonds. The van der Waals surface area contributed by atoms with Gasteiger partial charge in [-0.25, -0.2) is 4.79 Å². The smallest absolute Gasteiger partial charge is 0.339 e. The van der Waals surface area contributed by atoms with Gasteiger partial charge in [0.1, 0.15) is 0 Å². The lowest BCUT2D eigenvalue weighted by Gasteiger charge is -2.28. The molecule has 0 N–H and O–H groups in total. The number of hydrogen-bond donors (Lipinski definition) is 0. The second-order valence-corrected chi connectivity index (χ2v) is 5.14. The van der Waals surface area contributed by atoms with Crippen molar-refractivity contribution < 1.29 is 14.3 Å². The molecule has 0 aromatic carbocycles. The first-order valence-electron chi connectivity index (χ1n) is 6.85. The van der Waals surface area contributed by atoms with Gasteiger partial charge in [-0.3, -0.25) is 4.98 Å². The van der Waals surface area contributed by atoms with Crippen LogP contribution in [0.4, 0.5) is 0 Å². The zero-order chi connectivity index (χ0) is 13.7. The Kier molecular flexibility index (Phi) is 4.91. The van der Waals surface area contributed by atoms with Crippen LogP contribution in [0, 0.1) is 5.92 Å². The van der Waals surface area contributed by atoms with E-state index in [1.54, 1.807) is 6.07 Å². The molecule has 2 atom stereocenters. The van der Waals surface area contributed by atoms with Crippen LogP contribution in [0.15, 0.2) is 18.3 Å². The van der Waals surface area contributed by atoms with Crippen LogP contribution in [-0.2, 0) is 16.1 Å². The van der Waals surface area contributed by atoms with Gasteiger partial charge in [0.15, 0.2) is 0 Å². The van der Waals surface area contributed by atoms with Crippen molar-refractivity contribution in [3.05, 3.63) is 29.6 Å². The van der Waals surface area contributed by atoms with E-state index < -0.39 is 0 Å². The first-order valence-corrected chi connectivity index (χ1v) is 6.85. The summed E-state index contributed by atoms with van der Waals surface area (Å²) in [6.07, 6.45) is 6.84. The zero-order valence-corrected chi connectivity index (χ0v) is 11.6. The molecule has 4 nitrogen and oxygen atoms in total.